The van der Waals surface area contributed by atoms with Crippen molar-refractivity contribution in [3.8, 4) is 0 Å². The molecule has 3 N–H and O–H groups in total. The van der Waals surface area contributed by atoms with Crippen molar-refractivity contribution in [1.29, 1.82) is 0 Å². The summed E-state index contributed by atoms with van der Waals surface area (Å²) >= 11 is 0. The van der Waals surface area contributed by atoms with Crippen LogP contribution in [0.25, 0.3) is 0 Å². The lowest BCUT2D eigenvalue weighted by Crippen LogP contribution is -2.23. The van der Waals surface area contributed by atoms with E-state index in [1.807, 2.05) is 39.1 Å². The van der Waals surface area contributed by atoms with Gasteiger partial charge in [0.2, 0.25) is 5.91 Å². The van der Waals surface area contributed by atoms with Gasteiger partial charge in [0.1, 0.15) is 6.04 Å². The molecule has 1 aliphatic rings. The van der Waals surface area contributed by atoms with E-state index in [1.54, 1.807) is 0 Å². The quantitative estimate of drug-likeness (QED) is 0.845. The summed E-state index contributed by atoms with van der Waals surface area (Å²) in [4.78, 5) is 13.6. The monoisotopic (exact) mass is 263 g/mol. The van der Waals surface area contributed by atoms with Gasteiger partial charge in [0.15, 0.2) is 0 Å². The second kappa shape index (κ2) is 5.59. The maximum Gasteiger partial charge on any atom is 0.245 e. The Balaban J connectivity index is 2.02. The maximum absolute atomic E-state index is 11.5. The van der Waals surface area contributed by atoms with Crippen LogP contribution in [0.15, 0.2) is 18.2 Å². The molecule has 0 saturated carbocycles. The normalized spacial score (nSPS) is 17.5. The summed E-state index contributed by atoms with van der Waals surface area (Å²) in [6.45, 7) is 5.52. The number of amides is 1. The van der Waals surface area contributed by atoms with Gasteiger partial charge in [-0.1, -0.05) is 6.07 Å². The number of fused-ring (bicyclic) bond motifs is 1. The smallest absolute Gasteiger partial charge is 0.245 e. The minimum absolute atomic E-state index is 0.141. The van der Waals surface area contributed by atoms with Crippen LogP contribution in [0.3, 0.4) is 0 Å². The number of nitrogens with two attached hydrogens (primary N) is 1. The minimum Gasteiger partial charge on any atom is -0.377 e. The summed E-state index contributed by atoms with van der Waals surface area (Å²) in [7, 11) is 2.00. The number of benzene rings is 1. The highest BCUT2D eigenvalue weighted by Gasteiger charge is 2.27. The third-order valence-corrected chi connectivity index (χ3v) is 3.23. The lowest BCUT2D eigenvalue weighted by atomic mass is 10.1. The van der Waals surface area contributed by atoms with E-state index in [2.05, 4.69) is 10.2 Å². The van der Waals surface area contributed by atoms with Gasteiger partial charge in [0.25, 0.3) is 0 Å². The van der Waals surface area contributed by atoms with Gasteiger partial charge >= 0.3 is 0 Å². The number of carbonyl (C=O) groups excluding carboxylic acids is 1. The molecular formula is C14H21N3O2. The minimum atomic E-state index is -0.543. The van der Waals surface area contributed by atoms with E-state index in [0.717, 1.165) is 23.5 Å². The first-order valence-corrected chi connectivity index (χ1v) is 6.52. The Bertz CT molecular complexity index is 474. The topological polar surface area (TPSA) is 67.6 Å². The van der Waals surface area contributed by atoms with Crippen molar-refractivity contribution in [1.82, 2.24) is 0 Å². The van der Waals surface area contributed by atoms with Gasteiger partial charge in [-0.3, -0.25) is 4.79 Å². The zero-order valence-corrected chi connectivity index (χ0v) is 11.6. The average molecular weight is 263 g/mol. The molecule has 0 radical (unpaired) electrons. The molecule has 0 bridgehead atoms. The number of anilines is 2. The number of rotatable bonds is 5. The van der Waals surface area contributed by atoms with E-state index in [4.69, 9.17) is 10.5 Å². The number of ether oxygens (including phenoxy) is 1. The summed E-state index contributed by atoms with van der Waals surface area (Å²) in [5, 5.41) is 2.79. The standard InChI is InChI=1S/C14H21N3O2/c1-9(2)19-7-6-17(3)10-4-5-11-12(8-10)16-14(18)13(11)15/h4-5,8-9,13H,6-7,15H2,1-3H3,(H,16,18). The van der Waals surface area contributed by atoms with Crippen molar-refractivity contribution in [3.63, 3.8) is 0 Å². The van der Waals surface area contributed by atoms with Gasteiger partial charge in [-0.2, -0.15) is 0 Å². The van der Waals surface area contributed by atoms with Gasteiger partial charge in [-0.25, -0.2) is 0 Å². The molecule has 0 fully saturated rings. The van der Waals surface area contributed by atoms with Crippen molar-refractivity contribution < 1.29 is 9.53 Å². The average Bonchev–Trinajstić information content (AvgIpc) is 2.64. The number of likely N-dealkylation sites (N-methyl/N-ethyl adjacent to an activating group) is 1. The van der Waals surface area contributed by atoms with Crippen molar-refractivity contribution in [2.24, 2.45) is 5.73 Å². The Morgan fingerprint density at radius 2 is 2.21 bits per heavy atom. The Kier molecular flexibility index (Phi) is 4.07. The summed E-state index contributed by atoms with van der Waals surface area (Å²) in [5.74, 6) is -0.141. The third-order valence-electron chi connectivity index (χ3n) is 3.23. The summed E-state index contributed by atoms with van der Waals surface area (Å²) in [6, 6.07) is 5.30. The fourth-order valence-corrected chi connectivity index (χ4v) is 2.07. The Morgan fingerprint density at radius 3 is 2.89 bits per heavy atom. The van der Waals surface area contributed by atoms with Crippen LogP contribution in [-0.4, -0.2) is 32.2 Å². The van der Waals surface area contributed by atoms with E-state index < -0.39 is 6.04 Å². The van der Waals surface area contributed by atoms with Crippen molar-refractivity contribution >= 4 is 17.3 Å². The number of hydrogen-bond donors (Lipinski definition) is 2. The van der Waals surface area contributed by atoms with Crippen LogP contribution in [-0.2, 0) is 9.53 Å². The molecule has 1 heterocycles. The lowest BCUT2D eigenvalue weighted by Gasteiger charge is -2.20. The SMILES string of the molecule is CC(C)OCCN(C)c1ccc2c(c1)NC(=O)C2N. The fourth-order valence-electron chi connectivity index (χ4n) is 2.07. The lowest BCUT2D eigenvalue weighted by molar-refractivity contribution is -0.116. The van der Waals surface area contributed by atoms with E-state index in [0.29, 0.717) is 6.61 Å². The first-order chi connectivity index (χ1) is 8.99. The number of hydrogen-bond acceptors (Lipinski definition) is 4. The van der Waals surface area contributed by atoms with Crippen molar-refractivity contribution in [3.05, 3.63) is 23.8 Å². The number of nitrogens with zero attached hydrogens (tertiary/aromatic N) is 1. The Morgan fingerprint density at radius 1 is 1.47 bits per heavy atom. The molecule has 1 aliphatic heterocycles. The first kappa shape index (κ1) is 13.8. The molecule has 2 rings (SSSR count). The van der Waals surface area contributed by atoms with E-state index in [9.17, 15) is 4.79 Å². The Labute approximate surface area is 113 Å². The van der Waals surface area contributed by atoms with Crippen LogP contribution < -0.4 is 16.0 Å². The molecule has 0 saturated heterocycles. The van der Waals surface area contributed by atoms with Gasteiger partial charge < -0.3 is 20.7 Å². The molecule has 0 aliphatic carbocycles. The molecule has 1 aromatic rings. The van der Waals surface area contributed by atoms with Crippen molar-refractivity contribution in [2.45, 2.75) is 26.0 Å². The van der Waals surface area contributed by atoms with Gasteiger partial charge in [0.05, 0.1) is 12.7 Å². The highest BCUT2D eigenvalue weighted by Crippen LogP contribution is 2.32. The van der Waals surface area contributed by atoms with Crippen LogP contribution >= 0.6 is 0 Å². The van der Waals surface area contributed by atoms with E-state index in [1.165, 1.54) is 0 Å². The summed E-state index contributed by atoms with van der Waals surface area (Å²) in [5.41, 5.74) is 8.50. The highest BCUT2D eigenvalue weighted by molar-refractivity contribution is 6.02. The number of carbonyl (C=O) groups is 1. The number of nitrogens with one attached hydrogen (secondary N) is 1. The zero-order chi connectivity index (χ0) is 14.0. The molecular weight excluding hydrogens is 242 g/mol. The molecule has 1 amide bonds. The van der Waals surface area contributed by atoms with E-state index >= 15 is 0 Å². The predicted octanol–water partition coefficient (Wildman–Crippen LogP) is 1.50. The molecule has 0 spiro atoms. The molecule has 1 aromatic carbocycles. The predicted molar refractivity (Wildman–Crippen MR) is 76.4 cm³/mol. The summed E-state index contributed by atoms with van der Waals surface area (Å²) in [6.07, 6.45) is 0.241. The molecule has 5 nitrogen and oxygen atoms in total. The Hall–Kier alpha value is -1.59. The molecule has 1 atom stereocenters. The molecule has 0 aromatic heterocycles. The second-order valence-electron chi connectivity index (χ2n) is 5.08. The second-order valence-corrected chi connectivity index (χ2v) is 5.08. The highest BCUT2D eigenvalue weighted by atomic mass is 16.5. The third kappa shape index (κ3) is 3.05. The zero-order valence-electron chi connectivity index (χ0n) is 11.6. The van der Waals surface area contributed by atoms with Crippen LogP contribution in [0.2, 0.25) is 0 Å². The summed E-state index contributed by atoms with van der Waals surface area (Å²) < 4.78 is 5.53. The molecule has 5 heteroatoms. The largest absolute Gasteiger partial charge is 0.377 e. The van der Waals surface area contributed by atoms with Crippen LogP contribution in [0.1, 0.15) is 25.5 Å². The fraction of sp³-hybridized carbons (Fsp3) is 0.500. The first-order valence-electron chi connectivity index (χ1n) is 6.52. The van der Waals surface area contributed by atoms with E-state index in [-0.39, 0.29) is 12.0 Å². The van der Waals surface area contributed by atoms with Gasteiger partial charge in [-0.15, -0.1) is 0 Å². The maximum atomic E-state index is 11.5. The van der Waals surface area contributed by atoms with Crippen molar-refractivity contribution in [2.75, 3.05) is 30.4 Å². The van der Waals surface area contributed by atoms with Crippen LogP contribution in [0.4, 0.5) is 11.4 Å². The molecule has 1 unspecified atom stereocenters. The molecule has 19 heavy (non-hydrogen) atoms. The molecule has 104 valence electrons. The van der Waals surface area contributed by atoms with Gasteiger partial charge in [-0.05, 0) is 26.0 Å². The van der Waals surface area contributed by atoms with Crippen LogP contribution in [0, 0.1) is 0 Å². The van der Waals surface area contributed by atoms with Gasteiger partial charge in [0, 0.05) is 30.5 Å². The van der Waals surface area contributed by atoms with Crippen LogP contribution in [0.5, 0.6) is 0 Å².